The third-order valence-electron chi connectivity index (χ3n) is 6.26. The standard InChI is InChI=1S/C20H31N5O3/c1-14(2)21-19(27)25-10-6-20(7-11-25)12-16-15(13-28-20)17(22-23(16)3)18(26)24-8-4-5-9-24/h14H,4-13H2,1-3H3,(H,21,27). The second kappa shape index (κ2) is 7.39. The van der Waals surface area contributed by atoms with E-state index >= 15 is 0 Å². The Hall–Kier alpha value is -2.09. The predicted molar refractivity (Wildman–Crippen MR) is 104 cm³/mol. The number of carbonyl (C=O) groups is 2. The molecule has 4 rings (SSSR count). The molecule has 3 aliphatic heterocycles. The van der Waals surface area contributed by atoms with Gasteiger partial charge in [-0.15, -0.1) is 0 Å². The number of aryl methyl sites for hydroxylation is 1. The Morgan fingerprint density at radius 1 is 1.11 bits per heavy atom. The highest BCUT2D eigenvalue weighted by atomic mass is 16.5. The van der Waals surface area contributed by atoms with E-state index in [1.807, 2.05) is 35.4 Å². The van der Waals surface area contributed by atoms with Gasteiger partial charge in [0.15, 0.2) is 5.69 Å². The fourth-order valence-electron chi connectivity index (χ4n) is 4.58. The first kappa shape index (κ1) is 19.2. The van der Waals surface area contributed by atoms with E-state index in [0.29, 0.717) is 25.4 Å². The molecule has 1 spiro atoms. The largest absolute Gasteiger partial charge is 0.370 e. The van der Waals surface area contributed by atoms with Crippen LogP contribution in [0.25, 0.3) is 0 Å². The molecular formula is C20H31N5O3. The van der Waals surface area contributed by atoms with Gasteiger partial charge in [0.25, 0.3) is 5.91 Å². The normalized spacial score (nSPS) is 21.3. The summed E-state index contributed by atoms with van der Waals surface area (Å²) < 4.78 is 8.19. The molecule has 0 aliphatic carbocycles. The SMILES string of the molecule is CC(C)NC(=O)N1CCC2(CC1)Cc1c(c(C(=O)N3CCCC3)nn1C)CO2. The number of likely N-dealkylation sites (tertiary alicyclic amines) is 2. The van der Waals surface area contributed by atoms with Crippen LogP contribution in [0.4, 0.5) is 4.79 Å². The summed E-state index contributed by atoms with van der Waals surface area (Å²) in [6.45, 7) is 7.39. The first-order valence-corrected chi connectivity index (χ1v) is 10.4. The molecule has 0 atom stereocenters. The number of urea groups is 1. The molecular weight excluding hydrogens is 358 g/mol. The number of aromatic nitrogens is 2. The maximum atomic E-state index is 12.8. The first-order valence-electron chi connectivity index (χ1n) is 10.4. The van der Waals surface area contributed by atoms with Crippen molar-refractivity contribution in [1.29, 1.82) is 0 Å². The minimum atomic E-state index is -0.261. The van der Waals surface area contributed by atoms with Crippen molar-refractivity contribution in [2.24, 2.45) is 7.05 Å². The molecule has 0 aromatic carbocycles. The van der Waals surface area contributed by atoms with Crippen LogP contribution in [0.5, 0.6) is 0 Å². The number of hydrogen-bond donors (Lipinski definition) is 1. The predicted octanol–water partition coefficient (Wildman–Crippen LogP) is 1.68. The molecule has 4 heterocycles. The van der Waals surface area contributed by atoms with Crippen molar-refractivity contribution in [1.82, 2.24) is 24.9 Å². The van der Waals surface area contributed by atoms with Gasteiger partial charge in [0.2, 0.25) is 0 Å². The smallest absolute Gasteiger partial charge is 0.317 e. The van der Waals surface area contributed by atoms with E-state index in [9.17, 15) is 9.59 Å². The summed E-state index contributed by atoms with van der Waals surface area (Å²) >= 11 is 0. The molecule has 0 radical (unpaired) electrons. The quantitative estimate of drug-likeness (QED) is 0.835. The van der Waals surface area contributed by atoms with Crippen LogP contribution in [-0.2, 0) is 24.8 Å². The summed E-state index contributed by atoms with van der Waals surface area (Å²) in [5.41, 5.74) is 2.35. The first-order chi connectivity index (χ1) is 13.4. The second-order valence-corrected chi connectivity index (χ2v) is 8.64. The van der Waals surface area contributed by atoms with E-state index in [1.165, 1.54) is 0 Å². The van der Waals surface area contributed by atoms with Crippen LogP contribution < -0.4 is 5.32 Å². The highest BCUT2D eigenvalue weighted by Crippen LogP contribution is 2.37. The Bertz CT molecular complexity index is 758. The Labute approximate surface area is 166 Å². The maximum absolute atomic E-state index is 12.8. The van der Waals surface area contributed by atoms with Crippen molar-refractivity contribution in [3.63, 3.8) is 0 Å². The minimum Gasteiger partial charge on any atom is -0.370 e. The Morgan fingerprint density at radius 3 is 2.43 bits per heavy atom. The average molecular weight is 390 g/mol. The van der Waals surface area contributed by atoms with Gasteiger partial charge >= 0.3 is 6.03 Å². The van der Waals surface area contributed by atoms with E-state index in [-0.39, 0.29) is 23.6 Å². The lowest BCUT2D eigenvalue weighted by molar-refractivity contribution is -0.0982. The van der Waals surface area contributed by atoms with Gasteiger partial charge in [-0.25, -0.2) is 4.79 Å². The number of carbonyl (C=O) groups excluding carboxylic acids is 2. The summed E-state index contributed by atoms with van der Waals surface area (Å²) in [5.74, 6) is 0.0362. The third-order valence-corrected chi connectivity index (χ3v) is 6.26. The van der Waals surface area contributed by atoms with E-state index in [4.69, 9.17) is 4.74 Å². The molecule has 3 amide bonds. The fraction of sp³-hybridized carbons (Fsp3) is 0.750. The third kappa shape index (κ3) is 3.50. The van der Waals surface area contributed by atoms with Gasteiger partial charge in [-0.3, -0.25) is 9.48 Å². The van der Waals surface area contributed by atoms with Gasteiger partial charge < -0.3 is 19.9 Å². The number of fused-ring (bicyclic) bond motifs is 1. The summed E-state index contributed by atoms with van der Waals surface area (Å²) in [7, 11) is 1.92. The molecule has 0 unspecified atom stereocenters. The van der Waals surface area contributed by atoms with Gasteiger partial charge in [-0.05, 0) is 39.5 Å². The van der Waals surface area contributed by atoms with Gasteiger partial charge in [0, 0.05) is 56.9 Å². The molecule has 154 valence electrons. The number of piperidine rings is 1. The summed E-state index contributed by atoms with van der Waals surface area (Å²) in [6, 6.07) is 0.137. The van der Waals surface area contributed by atoms with E-state index in [2.05, 4.69) is 10.4 Å². The van der Waals surface area contributed by atoms with Gasteiger partial charge in [-0.2, -0.15) is 5.10 Å². The molecule has 2 saturated heterocycles. The number of amides is 3. The van der Waals surface area contributed by atoms with Crippen LogP contribution in [0.15, 0.2) is 0 Å². The number of nitrogens with zero attached hydrogens (tertiary/aromatic N) is 4. The molecule has 1 N–H and O–H groups in total. The van der Waals surface area contributed by atoms with E-state index < -0.39 is 0 Å². The highest BCUT2D eigenvalue weighted by molar-refractivity contribution is 5.94. The summed E-state index contributed by atoms with van der Waals surface area (Å²) in [4.78, 5) is 28.9. The molecule has 28 heavy (non-hydrogen) atoms. The lowest BCUT2D eigenvalue weighted by Crippen LogP contribution is -2.53. The van der Waals surface area contributed by atoms with Crippen LogP contribution in [-0.4, -0.2) is 69.3 Å². The fourth-order valence-corrected chi connectivity index (χ4v) is 4.58. The highest BCUT2D eigenvalue weighted by Gasteiger charge is 2.43. The molecule has 3 aliphatic rings. The molecule has 8 heteroatoms. The molecule has 0 saturated carbocycles. The van der Waals surface area contributed by atoms with Gasteiger partial charge in [-0.1, -0.05) is 0 Å². The number of ether oxygens (including phenoxy) is 1. The average Bonchev–Trinajstić information content (AvgIpc) is 3.30. The minimum absolute atomic E-state index is 0.000350. The number of hydrogen-bond acceptors (Lipinski definition) is 4. The molecule has 1 aromatic rings. The number of rotatable bonds is 2. The van der Waals surface area contributed by atoms with Crippen LogP contribution >= 0.6 is 0 Å². The van der Waals surface area contributed by atoms with Crippen molar-refractivity contribution in [3.05, 3.63) is 17.0 Å². The molecule has 1 aromatic heterocycles. The maximum Gasteiger partial charge on any atom is 0.317 e. The molecule has 8 nitrogen and oxygen atoms in total. The lowest BCUT2D eigenvalue weighted by Gasteiger charge is -2.44. The van der Waals surface area contributed by atoms with E-state index in [0.717, 1.165) is 56.5 Å². The zero-order valence-electron chi connectivity index (χ0n) is 17.2. The summed E-state index contributed by atoms with van der Waals surface area (Å²) in [5, 5.41) is 7.52. The van der Waals surface area contributed by atoms with Crippen molar-refractivity contribution in [2.45, 2.75) is 64.2 Å². The van der Waals surface area contributed by atoms with Gasteiger partial charge in [0.05, 0.1) is 12.2 Å². The topological polar surface area (TPSA) is 79.7 Å². The van der Waals surface area contributed by atoms with E-state index in [1.54, 1.807) is 0 Å². The zero-order valence-corrected chi connectivity index (χ0v) is 17.2. The van der Waals surface area contributed by atoms with Crippen LogP contribution in [0.2, 0.25) is 0 Å². The summed E-state index contributed by atoms with van der Waals surface area (Å²) in [6.07, 6.45) is 4.50. The molecule has 2 fully saturated rings. The van der Waals surface area contributed by atoms with Crippen molar-refractivity contribution in [3.8, 4) is 0 Å². The van der Waals surface area contributed by atoms with Crippen LogP contribution in [0.1, 0.15) is 61.3 Å². The Morgan fingerprint density at radius 2 is 1.79 bits per heavy atom. The molecule has 0 bridgehead atoms. The van der Waals surface area contributed by atoms with Crippen molar-refractivity contribution in [2.75, 3.05) is 26.2 Å². The second-order valence-electron chi connectivity index (χ2n) is 8.64. The Balaban J connectivity index is 1.46. The zero-order chi connectivity index (χ0) is 19.9. The van der Waals surface area contributed by atoms with Gasteiger partial charge in [0.1, 0.15) is 0 Å². The van der Waals surface area contributed by atoms with Crippen LogP contribution in [0, 0.1) is 0 Å². The monoisotopic (exact) mass is 389 g/mol. The van der Waals surface area contributed by atoms with Crippen molar-refractivity contribution < 1.29 is 14.3 Å². The lowest BCUT2D eigenvalue weighted by atomic mass is 9.83. The Kier molecular flexibility index (Phi) is 5.07. The number of nitrogens with one attached hydrogen (secondary N) is 1. The van der Waals surface area contributed by atoms with Crippen LogP contribution in [0.3, 0.4) is 0 Å². The van der Waals surface area contributed by atoms with Crippen molar-refractivity contribution >= 4 is 11.9 Å².